The molecule has 1 aromatic rings. The molecule has 1 N–H and O–H groups in total. The van der Waals surface area contributed by atoms with E-state index in [1.807, 2.05) is 0 Å². The lowest BCUT2D eigenvalue weighted by molar-refractivity contribution is 0.0854. The van der Waals surface area contributed by atoms with Crippen LogP contribution in [-0.4, -0.2) is 29.8 Å². The summed E-state index contributed by atoms with van der Waals surface area (Å²) >= 11 is 0. The summed E-state index contributed by atoms with van der Waals surface area (Å²) in [7, 11) is 1.69. The third-order valence-electron chi connectivity index (χ3n) is 3.20. The monoisotopic (exact) mass is 269 g/mol. The van der Waals surface area contributed by atoms with Crippen LogP contribution in [0.5, 0.6) is 0 Å². The van der Waals surface area contributed by atoms with Crippen molar-refractivity contribution in [2.45, 2.75) is 65.0 Å². The van der Waals surface area contributed by atoms with E-state index in [0.29, 0.717) is 17.8 Å². The summed E-state index contributed by atoms with van der Waals surface area (Å²) in [6.07, 6.45) is 4.88. The van der Waals surface area contributed by atoms with Gasteiger partial charge < -0.3 is 14.6 Å². The van der Waals surface area contributed by atoms with Gasteiger partial charge in [-0.05, 0) is 25.8 Å². The van der Waals surface area contributed by atoms with Crippen molar-refractivity contribution in [3.8, 4) is 0 Å². The molecule has 0 saturated carbocycles. The van der Waals surface area contributed by atoms with Crippen LogP contribution in [0.3, 0.4) is 0 Å². The summed E-state index contributed by atoms with van der Waals surface area (Å²) in [5.41, 5.74) is 0. The average Bonchev–Trinajstić information content (AvgIpc) is 2.89. The topological polar surface area (TPSA) is 60.2 Å². The predicted octanol–water partition coefficient (Wildman–Crippen LogP) is 2.88. The standard InChI is InChI=1S/C14H27N3O2/c1-5-8-12(18-4)14-16-13(19-17-14)10-11(7-3)15-9-6-2/h11-12,15H,5-10H2,1-4H3. The number of ether oxygens (including phenoxy) is 1. The van der Waals surface area contributed by atoms with E-state index in [2.05, 4.69) is 36.2 Å². The molecule has 5 nitrogen and oxygen atoms in total. The predicted molar refractivity (Wildman–Crippen MR) is 75.0 cm³/mol. The molecule has 2 unspecified atom stereocenters. The van der Waals surface area contributed by atoms with Gasteiger partial charge >= 0.3 is 0 Å². The van der Waals surface area contributed by atoms with Crippen LogP contribution in [0.15, 0.2) is 4.52 Å². The molecule has 5 heteroatoms. The smallest absolute Gasteiger partial charge is 0.228 e. The number of hydrogen-bond acceptors (Lipinski definition) is 5. The minimum absolute atomic E-state index is 0.0498. The van der Waals surface area contributed by atoms with Crippen LogP contribution in [0, 0.1) is 0 Å². The molecular formula is C14H27N3O2. The maximum Gasteiger partial charge on any atom is 0.228 e. The molecule has 19 heavy (non-hydrogen) atoms. The fraction of sp³-hybridized carbons (Fsp3) is 0.857. The summed E-state index contributed by atoms with van der Waals surface area (Å²) in [6.45, 7) is 7.48. The lowest BCUT2D eigenvalue weighted by Gasteiger charge is -2.13. The first-order valence-corrected chi connectivity index (χ1v) is 7.33. The Hall–Kier alpha value is -0.940. The molecule has 0 spiro atoms. The van der Waals surface area contributed by atoms with Gasteiger partial charge in [-0.2, -0.15) is 4.98 Å². The third-order valence-corrected chi connectivity index (χ3v) is 3.20. The number of methoxy groups -OCH3 is 1. The first-order valence-electron chi connectivity index (χ1n) is 7.33. The highest BCUT2D eigenvalue weighted by Gasteiger charge is 2.18. The van der Waals surface area contributed by atoms with Gasteiger partial charge in [0.1, 0.15) is 6.10 Å². The van der Waals surface area contributed by atoms with E-state index in [1.54, 1.807) is 7.11 Å². The number of hydrogen-bond donors (Lipinski definition) is 1. The highest BCUT2D eigenvalue weighted by Crippen LogP contribution is 2.19. The fourth-order valence-electron chi connectivity index (χ4n) is 2.02. The molecule has 1 heterocycles. The number of nitrogens with one attached hydrogen (secondary N) is 1. The van der Waals surface area contributed by atoms with Gasteiger partial charge in [-0.25, -0.2) is 0 Å². The molecule has 0 saturated heterocycles. The molecule has 2 atom stereocenters. The molecule has 0 bridgehead atoms. The first-order chi connectivity index (χ1) is 9.24. The molecule has 1 aromatic heterocycles. The Bertz CT molecular complexity index is 341. The molecule has 0 fully saturated rings. The Labute approximate surface area is 116 Å². The Balaban J connectivity index is 2.57. The minimum atomic E-state index is -0.0498. The van der Waals surface area contributed by atoms with Crippen LogP contribution in [-0.2, 0) is 11.2 Å². The van der Waals surface area contributed by atoms with E-state index in [0.717, 1.165) is 38.6 Å². The molecule has 0 aliphatic heterocycles. The number of nitrogens with zero attached hydrogens (tertiary/aromatic N) is 2. The van der Waals surface area contributed by atoms with Crippen LogP contribution in [0.2, 0.25) is 0 Å². The van der Waals surface area contributed by atoms with E-state index in [9.17, 15) is 0 Å². The molecule has 0 aliphatic carbocycles. The number of rotatable bonds is 10. The second-order valence-electron chi connectivity index (χ2n) is 4.82. The van der Waals surface area contributed by atoms with Gasteiger partial charge in [0.15, 0.2) is 0 Å². The van der Waals surface area contributed by atoms with Crippen molar-refractivity contribution in [3.05, 3.63) is 11.7 Å². The second kappa shape index (κ2) is 9.04. The molecule has 0 radical (unpaired) electrons. The fourth-order valence-corrected chi connectivity index (χ4v) is 2.02. The van der Waals surface area contributed by atoms with Gasteiger partial charge in [-0.3, -0.25) is 0 Å². The van der Waals surface area contributed by atoms with Gasteiger partial charge in [0.25, 0.3) is 0 Å². The Morgan fingerprint density at radius 2 is 2.05 bits per heavy atom. The van der Waals surface area contributed by atoms with Gasteiger partial charge in [-0.15, -0.1) is 0 Å². The zero-order valence-corrected chi connectivity index (χ0v) is 12.6. The summed E-state index contributed by atoms with van der Waals surface area (Å²) in [5.74, 6) is 1.37. The summed E-state index contributed by atoms with van der Waals surface area (Å²) in [6, 6.07) is 0.403. The molecule has 0 amide bonds. The van der Waals surface area contributed by atoms with E-state index in [4.69, 9.17) is 9.26 Å². The minimum Gasteiger partial charge on any atom is -0.373 e. The van der Waals surface area contributed by atoms with Crippen molar-refractivity contribution < 1.29 is 9.26 Å². The van der Waals surface area contributed by atoms with Crippen LogP contribution < -0.4 is 5.32 Å². The van der Waals surface area contributed by atoms with E-state index in [-0.39, 0.29) is 6.10 Å². The second-order valence-corrected chi connectivity index (χ2v) is 4.82. The van der Waals surface area contributed by atoms with Crippen LogP contribution in [0.25, 0.3) is 0 Å². The molecule has 0 aromatic carbocycles. The zero-order valence-electron chi connectivity index (χ0n) is 12.6. The number of aromatic nitrogens is 2. The summed E-state index contributed by atoms with van der Waals surface area (Å²) < 4.78 is 10.7. The van der Waals surface area contributed by atoms with E-state index >= 15 is 0 Å². The summed E-state index contributed by atoms with van der Waals surface area (Å²) in [5, 5.41) is 7.52. The molecule has 110 valence electrons. The lowest BCUT2D eigenvalue weighted by Crippen LogP contribution is -2.31. The maximum absolute atomic E-state index is 5.39. The highest BCUT2D eigenvalue weighted by molar-refractivity contribution is 4.93. The van der Waals surface area contributed by atoms with Crippen molar-refractivity contribution in [2.75, 3.05) is 13.7 Å². The zero-order chi connectivity index (χ0) is 14.1. The van der Waals surface area contributed by atoms with Crippen molar-refractivity contribution in [3.63, 3.8) is 0 Å². The molecule has 1 rings (SSSR count). The van der Waals surface area contributed by atoms with Crippen molar-refractivity contribution in [1.29, 1.82) is 0 Å². The SMILES string of the molecule is CCCNC(CC)Cc1nc(C(CCC)OC)no1. The third kappa shape index (κ3) is 5.28. The highest BCUT2D eigenvalue weighted by atomic mass is 16.5. The Morgan fingerprint density at radius 3 is 2.63 bits per heavy atom. The van der Waals surface area contributed by atoms with Gasteiger partial charge in [0.05, 0.1) is 0 Å². The Kier molecular flexibility index (Phi) is 7.67. The average molecular weight is 269 g/mol. The maximum atomic E-state index is 5.39. The molecule has 0 aliphatic rings. The van der Waals surface area contributed by atoms with Gasteiger partial charge in [0.2, 0.25) is 11.7 Å². The van der Waals surface area contributed by atoms with E-state index in [1.165, 1.54) is 0 Å². The first kappa shape index (κ1) is 16.1. The van der Waals surface area contributed by atoms with E-state index < -0.39 is 0 Å². The summed E-state index contributed by atoms with van der Waals surface area (Å²) in [4.78, 5) is 4.45. The van der Waals surface area contributed by atoms with Gasteiger partial charge in [-0.1, -0.05) is 32.3 Å². The lowest BCUT2D eigenvalue weighted by atomic mass is 10.1. The molecular weight excluding hydrogens is 242 g/mol. The largest absolute Gasteiger partial charge is 0.373 e. The normalized spacial score (nSPS) is 14.5. The van der Waals surface area contributed by atoms with Crippen LogP contribution in [0.4, 0.5) is 0 Å². The van der Waals surface area contributed by atoms with Crippen molar-refractivity contribution in [1.82, 2.24) is 15.5 Å². The quantitative estimate of drug-likeness (QED) is 0.707. The van der Waals surface area contributed by atoms with Gasteiger partial charge in [0, 0.05) is 19.6 Å². The van der Waals surface area contributed by atoms with Crippen LogP contribution >= 0.6 is 0 Å². The van der Waals surface area contributed by atoms with Crippen LogP contribution in [0.1, 0.15) is 64.3 Å². The van der Waals surface area contributed by atoms with Crippen molar-refractivity contribution in [2.24, 2.45) is 0 Å². The van der Waals surface area contributed by atoms with Crippen molar-refractivity contribution >= 4 is 0 Å². The Morgan fingerprint density at radius 1 is 1.26 bits per heavy atom.